The Morgan fingerprint density at radius 3 is 2.71 bits per heavy atom. The summed E-state index contributed by atoms with van der Waals surface area (Å²) in [6, 6.07) is 14.8. The highest BCUT2D eigenvalue weighted by atomic mass is 79.9. The number of hydrogen-bond acceptors (Lipinski definition) is 4. The van der Waals surface area contributed by atoms with Gasteiger partial charge in [0.25, 0.3) is 0 Å². The molecule has 0 spiro atoms. The highest BCUT2D eigenvalue weighted by Crippen LogP contribution is 2.34. The van der Waals surface area contributed by atoms with Crippen molar-refractivity contribution in [2.45, 2.75) is 6.92 Å². The molecule has 7 heteroatoms. The molecule has 4 nitrogen and oxygen atoms in total. The summed E-state index contributed by atoms with van der Waals surface area (Å²) in [7, 11) is 0. The predicted octanol–water partition coefficient (Wildman–Crippen LogP) is 7.44. The standard InChI is InChI=1S/C21H13Br2ClN2O2/c1-11-2-5-17-19(6-11)28-21(26-17)12-3-4-15(22)18(8-12)25-10-13-7-14(24)9-16(23)20(13)27/h2-10,27H,1H3. The third-order valence-electron chi connectivity index (χ3n) is 4.14. The number of nitrogens with zero attached hydrogens (tertiary/aromatic N) is 2. The van der Waals surface area contributed by atoms with Crippen LogP contribution in [0.25, 0.3) is 22.6 Å². The third kappa shape index (κ3) is 3.85. The van der Waals surface area contributed by atoms with E-state index in [0.29, 0.717) is 26.6 Å². The number of phenols is 1. The van der Waals surface area contributed by atoms with Crippen molar-refractivity contribution >= 4 is 66.5 Å². The first-order chi connectivity index (χ1) is 13.4. The molecule has 0 amide bonds. The van der Waals surface area contributed by atoms with E-state index in [2.05, 4.69) is 41.8 Å². The lowest BCUT2D eigenvalue weighted by atomic mass is 10.2. The van der Waals surface area contributed by atoms with Crippen molar-refractivity contribution in [3.8, 4) is 17.2 Å². The van der Waals surface area contributed by atoms with E-state index in [4.69, 9.17) is 16.0 Å². The molecule has 0 unspecified atom stereocenters. The number of phenolic OH excluding ortho intramolecular Hbond substituents is 1. The smallest absolute Gasteiger partial charge is 0.227 e. The van der Waals surface area contributed by atoms with Crippen LogP contribution in [-0.2, 0) is 0 Å². The fourth-order valence-corrected chi connectivity index (χ4v) is 3.91. The molecule has 140 valence electrons. The number of benzene rings is 3. The SMILES string of the molecule is Cc1ccc2nc(-c3ccc(Br)c(N=Cc4cc(Cl)cc(Br)c4O)c3)oc2c1. The molecule has 0 atom stereocenters. The summed E-state index contributed by atoms with van der Waals surface area (Å²) in [5, 5.41) is 10.7. The van der Waals surface area contributed by atoms with Crippen molar-refractivity contribution < 1.29 is 9.52 Å². The quantitative estimate of drug-likeness (QED) is 0.286. The summed E-state index contributed by atoms with van der Waals surface area (Å²) in [5.74, 6) is 0.604. The first-order valence-corrected chi connectivity index (χ1v) is 10.3. The van der Waals surface area contributed by atoms with Gasteiger partial charge in [-0.15, -0.1) is 0 Å². The Hall–Kier alpha value is -2.15. The minimum atomic E-state index is 0.0785. The second-order valence-electron chi connectivity index (χ2n) is 6.24. The molecule has 1 N–H and O–H groups in total. The topological polar surface area (TPSA) is 58.6 Å². The largest absolute Gasteiger partial charge is 0.506 e. The predicted molar refractivity (Wildman–Crippen MR) is 120 cm³/mol. The third-order valence-corrected chi connectivity index (χ3v) is 5.63. The molecule has 0 saturated carbocycles. The zero-order valence-electron chi connectivity index (χ0n) is 14.6. The van der Waals surface area contributed by atoms with Crippen LogP contribution < -0.4 is 0 Å². The van der Waals surface area contributed by atoms with Crippen LogP contribution >= 0.6 is 43.5 Å². The van der Waals surface area contributed by atoms with E-state index >= 15 is 0 Å². The number of aromatic hydroxyl groups is 1. The van der Waals surface area contributed by atoms with E-state index < -0.39 is 0 Å². The minimum Gasteiger partial charge on any atom is -0.506 e. The van der Waals surface area contributed by atoms with E-state index in [1.165, 1.54) is 0 Å². The maximum absolute atomic E-state index is 10.2. The Balaban J connectivity index is 1.73. The summed E-state index contributed by atoms with van der Waals surface area (Å²) in [6.45, 7) is 2.01. The van der Waals surface area contributed by atoms with Gasteiger partial charge in [-0.3, -0.25) is 4.99 Å². The van der Waals surface area contributed by atoms with Crippen LogP contribution in [0, 0.1) is 6.92 Å². The second-order valence-corrected chi connectivity index (χ2v) is 8.39. The lowest BCUT2D eigenvalue weighted by Gasteiger charge is -2.04. The average Bonchev–Trinajstić information content (AvgIpc) is 3.07. The fraction of sp³-hybridized carbons (Fsp3) is 0.0476. The normalized spacial score (nSPS) is 11.6. The van der Waals surface area contributed by atoms with E-state index in [0.717, 1.165) is 26.7 Å². The number of oxazole rings is 1. The number of aliphatic imine (C=N–C) groups is 1. The van der Waals surface area contributed by atoms with Gasteiger partial charge in [-0.2, -0.15) is 0 Å². The van der Waals surface area contributed by atoms with Gasteiger partial charge in [-0.25, -0.2) is 4.98 Å². The molecule has 4 rings (SSSR count). The van der Waals surface area contributed by atoms with Crippen molar-refractivity contribution in [1.29, 1.82) is 0 Å². The molecule has 0 radical (unpaired) electrons. The minimum absolute atomic E-state index is 0.0785. The summed E-state index contributed by atoms with van der Waals surface area (Å²) >= 11 is 12.8. The zero-order chi connectivity index (χ0) is 19.8. The van der Waals surface area contributed by atoms with Crippen molar-refractivity contribution in [2.24, 2.45) is 4.99 Å². The van der Waals surface area contributed by atoms with Crippen molar-refractivity contribution in [1.82, 2.24) is 4.98 Å². The van der Waals surface area contributed by atoms with Gasteiger partial charge in [0, 0.05) is 26.8 Å². The molecule has 0 bridgehead atoms. The van der Waals surface area contributed by atoms with Crippen molar-refractivity contribution in [3.05, 3.63) is 73.6 Å². The van der Waals surface area contributed by atoms with Crippen LogP contribution in [0.2, 0.25) is 5.02 Å². The van der Waals surface area contributed by atoms with Gasteiger partial charge in [-0.1, -0.05) is 17.7 Å². The molecular weight excluding hydrogens is 508 g/mol. The highest BCUT2D eigenvalue weighted by Gasteiger charge is 2.11. The van der Waals surface area contributed by atoms with Crippen LogP contribution in [0.1, 0.15) is 11.1 Å². The van der Waals surface area contributed by atoms with Gasteiger partial charge >= 0.3 is 0 Å². The molecule has 3 aromatic carbocycles. The molecule has 28 heavy (non-hydrogen) atoms. The monoisotopic (exact) mass is 518 g/mol. The Bertz CT molecular complexity index is 1230. The highest BCUT2D eigenvalue weighted by molar-refractivity contribution is 9.11. The van der Waals surface area contributed by atoms with Crippen LogP contribution in [0.3, 0.4) is 0 Å². The van der Waals surface area contributed by atoms with E-state index in [1.807, 2.05) is 43.3 Å². The molecule has 0 fully saturated rings. The number of aromatic nitrogens is 1. The number of rotatable bonds is 3. The molecule has 1 aromatic heterocycles. The lowest BCUT2D eigenvalue weighted by molar-refractivity contribution is 0.471. The zero-order valence-corrected chi connectivity index (χ0v) is 18.5. The van der Waals surface area contributed by atoms with E-state index in [1.54, 1.807) is 18.3 Å². The molecule has 0 aliphatic heterocycles. The number of hydrogen-bond donors (Lipinski definition) is 1. The maximum Gasteiger partial charge on any atom is 0.227 e. The van der Waals surface area contributed by atoms with Crippen LogP contribution in [-0.4, -0.2) is 16.3 Å². The number of halogens is 3. The van der Waals surface area contributed by atoms with Crippen LogP contribution in [0.15, 0.2) is 66.9 Å². The fourth-order valence-electron chi connectivity index (χ4n) is 2.72. The Kier molecular flexibility index (Phi) is 5.27. The number of fused-ring (bicyclic) bond motifs is 1. The molecule has 0 aliphatic carbocycles. The lowest BCUT2D eigenvalue weighted by Crippen LogP contribution is -1.85. The Morgan fingerprint density at radius 1 is 1.07 bits per heavy atom. The van der Waals surface area contributed by atoms with E-state index in [9.17, 15) is 5.11 Å². The molecule has 0 saturated heterocycles. The Morgan fingerprint density at radius 2 is 1.89 bits per heavy atom. The van der Waals surface area contributed by atoms with E-state index in [-0.39, 0.29) is 5.75 Å². The van der Waals surface area contributed by atoms with Gasteiger partial charge in [0.1, 0.15) is 11.3 Å². The van der Waals surface area contributed by atoms with Gasteiger partial charge in [0.15, 0.2) is 5.58 Å². The first kappa shape index (κ1) is 19.2. The summed E-state index contributed by atoms with van der Waals surface area (Å²) in [5.41, 5.74) is 4.66. The van der Waals surface area contributed by atoms with Gasteiger partial charge in [-0.05, 0) is 86.8 Å². The average molecular weight is 521 g/mol. The van der Waals surface area contributed by atoms with Gasteiger partial charge in [0.2, 0.25) is 5.89 Å². The first-order valence-electron chi connectivity index (χ1n) is 8.30. The second kappa shape index (κ2) is 7.70. The van der Waals surface area contributed by atoms with Crippen LogP contribution in [0.4, 0.5) is 5.69 Å². The summed E-state index contributed by atoms with van der Waals surface area (Å²) in [6.07, 6.45) is 1.56. The number of aryl methyl sites for hydroxylation is 1. The van der Waals surface area contributed by atoms with Crippen LogP contribution in [0.5, 0.6) is 5.75 Å². The molecular formula is C21H13Br2ClN2O2. The van der Waals surface area contributed by atoms with Crippen molar-refractivity contribution in [3.63, 3.8) is 0 Å². The maximum atomic E-state index is 10.2. The molecule has 4 aromatic rings. The summed E-state index contributed by atoms with van der Waals surface area (Å²) < 4.78 is 7.22. The van der Waals surface area contributed by atoms with Crippen molar-refractivity contribution in [2.75, 3.05) is 0 Å². The summed E-state index contributed by atoms with van der Waals surface area (Å²) in [4.78, 5) is 9.05. The molecule has 0 aliphatic rings. The van der Waals surface area contributed by atoms with Gasteiger partial charge in [0.05, 0.1) is 10.2 Å². The molecule has 1 heterocycles. The Labute approximate surface area is 183 Å². The van der Waals surface area contributed by atoms with Gasteiger partial charge < -0.3 is 9.52 Å².